The van der Waals surface area contributed by atoms with Crippen molar-refractivity contribution in [3.05, 3.63) is 45.9 Å². The highest BCUT2D eigenvalue weighted by Crippen LogP contribution is 2.25. The molecule has 0 aliphatic rings. The predicted octanol–water partition coefficient (Wildman–Crippen LogP) is 3.31. The second-order valence-corrected chi connectivity index (χ2v) is 5.14. The van der Waals surface area contributed by atoms with Gasteiger partial charge in [0, 0.05) is 23.0 Å². The minimum Gasteiger partial charge on any atom is -0.496 e. The van der Waals surface area contributed by atoms with Crippen molar-refractivity contribution >= 4 is 11.3 Å². The van der Waals surface area contributed by atoms with Gasteiger partial charge in [0.25, 0.3) is 0 Å². The number of hydrogen-bond donors (Lipinski definition) is 1. The average Bonchev–Trinajstić information content (AvgIpc) is 2.81. The van der Waals surface area contributed by atoms with E-state index in [1.807, 2.05) is 30.6 Å². The van der Waals surface area contributed by atoms with E-state index in [0.717, 1.165) is 18.0 Å². The summed E-state index contributed by atoms with van der Waals surface area (Å²) in [6, 6.07) is 8.36. The van der Waals surface area contributed by atoms with Gasteiger partial charge in [0.15, 0.2) is 0 Å². The van der Waals surface area contributed by atoms with Gasteiger partial charge in [0.1, 0.15) is 5.75 Å². The van der Waals surface area contributed by atoms with Crippen LogP contribution in [0.25, 0.3) is 0 Å². The van der Waals surface area contributed by atoms with Crippen molar-refractivity contribution in [1.29, 1.82) is 0 Å². The quantitative estimate of drug-likeness (QED) is 0.897. The Labute approximate surface area is 112 Å². The van der Waals surface area contributed by atoms with Crippen LogP contribution in [0.1, 0.15) is 29.1 Å². The number of benzene rings is 1. The molecule has 0 aliphatic carbocycles. The lowest BCUT2D eigenvalue weighted by molar-refractivity contribution is 0.401. The molecule has 0 spiro atoms. The Balaban J connectivity index is 2.03. The van der Waals surface area contributed by atoms with Crippen LogP contribution >= 0.6 is 11.3 Å². The van der Waals surface area contributed by atoms with Gasteiger partial charge in [0.2, 0.25) is 0 Å². The minimum absolute atomic E-state index is 0.252. The number of aryl methyl sites for hydroxylation is 1. The molecule has 0 fully saturated rings. The monoisotopic (exact) mass is 262 g/mol. The highest BCUT2D eigenvalue weighted by Gasteiger charge is 2.11. The van der Waals surface area contributed by atoms with Gasteiger partial charge in [-0.05, 0) is 19.9 Å². The van der Waals surface area contributed by atoms with Crippen molar-refractivity contribution in [3.8, 4) is 5.75 Å². The van der Waals surface area contributed by atoms with Gasteiger partial charge in [-0.15, -0.1) is 11.3 Å². The second kappa shape index (κ2) is 5.98. The molecule has 3 nitrogen and oxygen atoms in total. The molecular weight excluding hydrogens is 244 g/mol. The van der Waals surface area contributed by atoms with Crippen LogP contribution in [0, 0.1) is 6.92 Å². The molecule has 0 amide bonds. The Bertz CT molecular complexity index is 510. The fourth-order valence-corrected chi connectivity index (χ4v) is 2.60. The molecule has 1 unspecified atom stereocenters. The maximum atomic E-state index is 5.38. The number of hydrogen-bond acceptors (Lipinski definition) is 4. The van der Waals surface area contributed by atoms with Crippen molar-refractivity contribution in [2.45, 2.75) is 26.4 Å². The standard InChI is InChI=1S/C14H18N2OS/c1-10(12-6-4-5-7-13(12)17-3)15-8-14-11(2)16-9-18-14/h4-7,9-10,15H,8H2,1-3H3. The van der Waals surface area contributed by atoms with E-state index < -0.39 is 0 Å². The van der Waals surface area contributed by atoms with E-state index in [1.54, 1.807) is 18.4 Å². The van der Waals surface area contributed by atoms with Crippen LogP contribution in [0.5, 0.6) is 5.75 Å². The first-order valence-electron chi connectivity index (χ1n) is 5.97. The smallest absolute Gasteiger partial charge is 0.123 e. The fourth-order valence-electron chi connectivity index (χ4n) is 1.88. The first kappa shape index (κ1) is 13.1. The van der Waals surface area contributed by atoms with Crippen LogP contribution in [0.3, 0.4) is 0 Å². The Morgan fingerprint density at radius 3 is 2.83 bits per heavy atom. The fraction of sp³-hybridized carbons (Fsp3) is 0.357. The summed E-state index contributed by atoms with van der Waals surface area (Å²) in [6.45, 7) is 5.03. The molecule has 4 heteroatoms. The Hall–Kier alpha value is -1.39. The van der Waals surface area contributed by atoms with Crippen LogP contribution in [0.15, 0.2) is 29.8 Å². The van der Waals surface area contributed by atoms with Crippen LogP contribution in [0.4, 0.5) is 0 Å². The Morgan fingerprint density at radius 2 is 2.17 bits per heavy atom. The van der Waals surface area contributed by atoms with Gasteiger partial charge < -0.3 is 10.1 Å². The third-order valence-electron chi connectivity index (χ3n) is 3.02. The zero-order valence-electron chi connectivity index (χ0n) is 10.9. The molecule has 1 atom stereocenters. The topological polar surface area (TPSA) is 34.1 Å². The predicted molar refractivity (Wildman–Crippen MR) is 75.1 cm³/mol. The molecule has 0 bridgehead atoms. The Morgan fingerprint density at radius 1 is 1.39 bits per heavy atom. The number of nitrogens with one attached hydrogen (secondary N) is 1. The minimum atomic E-state index is 0.252. The molecule has 1 heterocycles. The van der Waals surface area contributed by atoms with E-state index in [0.29, 0.717) is 0 Å². The summed E-state index contributed by atoms with van der Waals surface area (Å²) in [7, 11) is 1.71. The van der Waals surface area contributed by atoms with Crippen molar-refractivity contribution in [2.24, 2.45) is 0 Å². The number of thiazole rings is 1. The highest BCUT2D eigenvalue weighted by atomic mass is 32.1. The molecule has 2 aromatic rings. The van der Waals surface area contributed by atoms with Crippen LogP contribution in [-0.2, 0) is 6.54 Å². The molecule has 1 N–H and O–H groups in total. The highest BCUT2D eigenvalue weighted by molar-refractivity contribution is 7.09. The molecule has 96 valence electrons. The summed E-state index contributed by atoms with van der Waals surface area (Å²) >= 11 is 1.69. The van der Waals surface area contributed by atoms with Gasteiger partial charge >= 0.3 is 0 Å². The van der Waals surface area contributed by atoms with Crippen LogP contribution in [-0.4, -0.2) is 12.1 Å². The van der Waals surface area contributed by atoms with E-state index >= 15 is 0 Å². The molecule has 2 rings (SSSR count). The SMILES string of the molecule is COc1ccccc1C(C)NCc1scnc1C. The molecule has 0 radical (unpaired) electrons. The molecule has 1 aromatic heterocycles. The van der Waals surface area contributed by atoms with E-state index in [4.69, 9.17) is 4.74 Å². The molecule has 1 aromatic carbocycles. The van der Waals surface area contributed by atoms with E-state index in [1.165, 1.54) is 10.4 Å². The average molecular weight is 262 g/mol. The summed E-state index contributed by atoms with van der Waals surface area (Å²) in [4.78, 5) is 5.54. The van der Waals surface area contributed by atoms with Gasteiger partial charge in [-0.25, -0.2) is 4.98 Å². The number of nitrogens with zero attached hydrogens (tertiary/aromatic N) is 1. The van der Waals surface area contributed by atoms with Crippen molar-refractivity contribution in [2.75, 3.05) is 7.11 Å². The summed E-state index contributed by atoms with van der Waals surface area (Å²) in [5, 5.41) is 3.51. The van der Waals surface area contributed by atoms with E-state index in [-0.39, 0.29) is 6.04 Å². The zero-order valence-corrected chi connectivity index (χ0v) is 11.8. The molecule has 0 aliphatic heterocycles. The maximum absolute atomic E-state index is 5.38. The lowest BCUT2D eigenvalue weighted by atomic mass is 10.1. The molecular formula is C14H18N2OS. The maximum Gasteiger partial charge on any atom is 0.123 e. The number of ether oxygens (including phenoxy) is 1. The largest absolute Gasteiger partial charge is 0.496 e. The summed E-state index contributed by atoms with van der Waals surface area (Å²) in [5.41, 5.74) is 4.18. The van der Waals surface area contributed by atoms with Crippen molar-refractivity contribution in [3.63, 3.8) is 0 Å². The molecule has 0 saturated carbocycles. The number of rotatable bonds is 5. The van der Waals surface area contributed by atoms with Crippen LogP contribution in [0.2, 0.25) is 0 Å². The van der Waals surface area contributed by atoms with Gasteiger partial charge in [-0.2, -0.15) is 0 Å². The van der Waals surface area contributed by atoms with Gasteiger partial charge in [-0.1, -0.05) is 18.2 Å². The molecule has 0 saturated heterocycles. The third kappa shape index (κ3) is 2.89. The third-order valence-corrected chi connectivity index (χ3v) is 3.95. The second-order valence-electron chi connectivity index (χ2n) is 4.21. The van der Waals surface area contributed by atoms with Crippen molar-refractivity contribution in [1.82, 2.24) is 10.3 Å². The summed E-state index contributed by atoms with van der Waals surface area (Å²) < 4.78 is 5.38. The van der Waals surface area contributed by atoms with Crippen molar-refractivity contribution < 1.29 is 4.74 Å². The lowest BCUT2D eigenvalue weighted by Crippen LogP contribution is -2.18. The first-order chi connectivity index (χ1) is 8.72. The summed E-state index contributed by atoms with van der Waals surface area (Å²) in [5.74, 6) is 0.929. The number of methoxy groups -OCH3 is 1. The summed E-state index contributed by atoms with van der Waals surface area (Å²) in [6.07, 6.45) is 0. The van der Waals surface area contributed by atoms with E-state index in [2.05, 4.69) is 23.3 Å². The Kier molecular flexibility index (Phi) is 4.33. The molecule has 18 heavy (non-hydrogen) atoms. The van der Waals surface area contributed by atoms with Crippen LogP contribution < -0.4 is 10.1 Å². The zero-order chi connectivity index (χ0) is 13.0. The number of para-hydroxylation sites is 1. The first-order valence-corrected chi connectivity index (χ1v) is 6.85. The van der Waals surface area contributed by atoms with E-state index in [9.17, 15) is 0 Å². The van der Waals surface area contributed by atoms with Gasteiger partial charge in [0.05, 0.1) is 18.3 Å². The lowest BCUT2D eigenvalue weighted by Gasteiger charge is -2.16. The van der Waals surface area contributed by atoms with Gasteiger partial charge in [-0.3, -0.25) is 0 Å². The normalized spacial score (nSPS) is 12.4. The number of aromatic nitrogens is 1.